The quantitative estimate of drug-likeness (QED) is 0.841. The third kappa shape index (κ3) is 2.20. The van der Waals surface area contributed by atoms with Crippen LogP contribution in [0.4, 0.5) is 5.69 Å². The van der Waals surface area contributed by atoms with E-state index in [1.54, 1.807) is 4.90 Å². The zero-order valence-electron chi connectivity index (χ0n) is 10.5. The summed E-state index contributed by atoms with van der Waals surface area (Å²) in [7, 11) is 0. The molecule has 0 bridgehead atoms. The molecule has 0 aliphatic carbocycles. The second-order valence-corrected chi connectivity index (χ2v) is 6.37. The van der Waals surface area contributed by atoms with Gasteiger partial charge in [0.25, 0.3) is 0 Å². The van der Waals surface area contributed by atoms with Gasteiger partial charge in [0.05, 0.1) is 12.2 Å². The molecule has 1 aliphatic heterocycles. The summed E-state index contributed by atoms with van der Waals surface area (Å²) >= 11 is 6.99. The Kier molecular flexibility index (Phi) is 3.67. The topological polar surface area (TPSA) is 46.3 Å². The Morgan fingerprint density at radius 3 is 2.50 bits per heavy atom. The second kappa shape index (κ2) is 5.31. The molecule has 0 fully saturated rings. The van der Waals surface area contributed by atoms with E-state index in [1.165, 1.54) is 0 Å². The van der Waals surface area contributed by atoms with Gasteiger partial charge >= 0.3 is 0 Å². The summed E-state index contributed by atoms with van der Waals surface area (Å²) < 4.78 is 1.87. The fourth-order valence-electron chi connectivity index (χ4n) is 2.44. The number of fused-ring (bicyclic) bond motifs is 1. The fourth-order valence-corrected chi connectivity index (χ4v) is 3.45. The Morgan fingerprint density at radius 1 is 1.05 bits per heavy atom. The Balaban J connectivity index is 2.02. The summed E-state index contributed by atoms with van der Waals surface area (Å²) in [6.45, 7) is 0.511. The van der Waals surface area contributed by atoms with Crippen molar-refractivity contribution < 1.29 is 4.79 Å². The number of hydrogen-bond donors (Lipinski definition) is 1. The maximum Gasteiger partial charge on any atom is 0.248 e. The molecule has 1 atom stereocenters. The number of hydrogen-bond acceptors (Lipinski definition) is 2. The maximum absolute atomic E-state index is 12.4. The van der Waals surface area contributed by atoms with Gasteiger partial charge in [-0.05, 0) is 23.8 Å². The van der Waals surface area contributed by atoms with E-state index in [2.05, 4.69) is 31.9 Å². The molecular formula is C15H12Br2N2O. The van der Waals surface area contributed by atoms with E-state index in [1.807, 2.05) is 42.5 Å². The van der Waals surface area contributed by atoms with Crippen molar-refractivity contribution in [1.82, 2.24) is 0 Å². The fraction of sp³-hybridized carbons (Fsp3) is 0.133. The minimum absolute atomic E-state index is 0.0670. The lowest BCUT2D eigenvalue weighted by Crippen LogP contribution is -2.31. The highest BCUT2D eigenvalue weighted by atomic mass is 79.9. The lowest BCUT2D eigenvalue weighted by Gasteiger charge is -2.18. The van der Waals surface area contributed by atoms with Crippen LogP contribution in [0.25, 0.3) is 0 Å². The lowest BCUT2D eigenvalue weighted by molar-refractivity contribution is -0.119. The minimum Gasteiger partial charge on any atom is -0.316 e. The molecule has 0 saturated heterocycles. The van der Waals surface area contributed by atoms with Crippen molar-refractivity contribution in [3.63, 3.8) is 0 Å². The molecule has 1 aliphatic rings. The average molecular weight is 396 g/mol. The smallest absolute Gasteiger partial charge is 0.248 e. The van der Waals surface area contributed by atoms with Crippen molar-refractivity contribution in [3.8, 4) is 0 Å². The molecule has 0 aromatic heterocycles. The van der Waals surface area contributed by atoms with Gasteiger partial charge in [-0.2, -0.15) is 0 Å². The minimum atomic E-state index is -0.594. The van der Waals surface area contributed by atoms with Crippen LogP contribution in [0, 0.1) is 0 Å². The van der Waals surface area contributed by atoms with E-state index < -0.39 is 6.04 Å². The van der Waals surface area contributed by atoms with Crippen LogP contribution in [-0.4, -0.2) is 5.91 Å². The maximum atomic E-state index is 12.4. The van der Waals surface area contributed by atoms with Gasteiger partial charge in [0.2, 0.25) is 5.91 Å². The number of nitrogens with two attached hydrogens (primary N) is 1. The van der Waals surface area contributed by atoms with Crippen LogP contribution in [0.1, 0.15) is 17.2 Å². The predicted octanol–water partition coefficient (Wildman–Crippen LogP) is 3.76. The molecule has 3 nitrogen and oxygen atoms in total. The van der Waals surface area contributed by atoms with Crippen LogP contribution in [0.2, 0.25) is 0 Å². The molecular weight excluding hydrogens is 384 g/mol. The third-order valence-electron chi connectivity index (χ3n) is 3.45. The van der Waals surface area contributed by atoms with E-state index in [9.17, 15) is 4.79 Å². The van der Waals surface area contributed by atoms with Crippen molar-refractivity contribution in [2.24, 2.45) is 5.73 Å². The largest absolute Gasteiger partial charge is 0.316 e. The van der Waals surface area contributed by atoms with Crippen LogP contribution in [0.5, 0.6) is 0 Å². The number of nitrogens with zero attached hydrogens (tertiary/aromatic N) is 1. The summed E-state index contributed by atoms with van der Waals surface area (Å²) in [5.41, 5.74) is 8.84. The molecule has 20 heavy (non-hydrogen) atoms. The summed E-state index contributed by atoms with van der Waals surface area (Å²) in [6, 6.07) is 13.0. The van der Waals surface area contributed by atoms with Gasteiger partial charge in [-0.1, -0.05) is 56.1 Å². The summed E-state index contributed by atoms with van der Waals surface area (Å²) in [5, 5.41) is 0. The molecule has 3 rings (SSSR count). The first-order valence-corrected chi connectivity index (χ1v) is 7.77. The Hall–Kier alpha value is -1.17. The molecule has 102 valence electrons. The summed E-state index contributed by atoms with van der Waals surface area (Å²) in [5.74, 6) is -0.0670. The molecule has 1 unspecified atom stereocenters. The normalized spacial score (nSPS) is 17.4. The molecule has 2 aromatic carbocycles. The first-order chi connectivity index (χ1) is 9.59. The molecule has 2 aromatic rings. The first-order valence-electron chi connectivity index (χ1n) is 6.18. The molecule has 1 amide bonds. The first kappa shape index (κ1) is 13.8. The van der Waals surface area contributed by atoms with E-state index in [0.717, 1.165) is 25.8 Å². The Labute approximate surface area is 134 Å². The Bertz CT molecular complexity index is 687. The van der Waals surface area contributed by atoms with Crippen molar-refractivity contribution in [3.05, 3.63) is 62.5 Å². The van der Waals surface area contributed by atoms with Gasteiger partial charge in [0, 0.05) is 14.5 Å². The molecule has 1 heterocycles. The summed E-state index contributed by atoms with van der Waals surface area (Å²) in [6.07, 6.45) is 0. The number of carbonyl (C=O) groups is 1. The van der Waals surface area contributed by atoms with Gasteiger partial charge in [-0.3, -0.25) is 4.79 Å². The van der Waals surface area contributed by atoms with Gasteiger partial charge in [-0.15, -0.1) is 0 Å². The molecule has 5 heteroatoms. The SMILES string of the molecule is NC1C(=O)N(Cc2ccccc2Br)c2cccc(Br)c21. The van der Waals surface area contributed by atoms with E-state index in [4.69, 9.17) is 5.73 Å². The van der Waals surface area contributed by atoms with Crippen molar-refractivity contribution >= 4 is 43.5 Å². The molecule has 2 N–H and O–H groups in total. The summed E-state index contributed by atoms with van der Waals surface area (Å²) in [4.78, 5) is 14.1. The van der Waals surface area contributed by atoms with Gasteiger partial charge in [0.15, 0.2) is 0 Å². The number of rotatable bonds is 2. The van der Waals surface area contributed by atoms with Crippen LogP contribution < -0.4 is 10.6 Å². The zero-order valence-corrected chi connectivity index (χ0v) is 13.7. The number of benzene rings is 2. The molecule has 0 radical (unpaired) electrons. The molecule has 0 spiro atoms. The predicted molar refractivity (Wildman–Crippen MR) is 86.4 cm³/mol. The van der Waals surface area contributed by atoms with E-state index in [0.29, 0.717) is 6.54 Å². The average Bonchev–Trinajstić information content (AvgIpc) is 2.67. The van der Waals surface area contributed by atoms with E-state index in [-0.39, 0.29) is 5.91 Å². The third-order valence-corrected chi connectivity index (χ3v) is 4.92. The highest BCUT2D eigenvalue weighted by molar-refractivity contribution is 9.10. The van der Waals surface area contributed by atoms with Crippen molar-refractivity contribution in [2.75, 3.05) is 4.90 Å². The Morgan fingerprint density at radius 2 is 1.75 bits per heavy atom. The van der Waals surface area contributed by atoms with E-state index >= 15 is 0 Å². The monoisotopic (exact) mass is 394 g/mol. The number of anilines is 1. The van der Waals surface area contributed by atoms with Crippen LogP contribution in [0.15, 0.2) is 51.4 Å². The van der Waals surface area contributed by atoms with Gasteiger partial charge in [-0.25, -0.2) is 0 Å². The van der Waals surface area contributed by atoms with Crippen molar-refractivity contribution in [2.45, 2.75) is 12.6 Å². The van der Waals surface area contributed by atoms with Crippen LogP contribution in [0.3, 0.4) is 0 Å². The van der Waals surface area contributed by atoms with Crippen LogP contribution in [-0.2, 0) is 11.3 Å². The van der Waals surface area contributed by atoms with Gasteiger partial charge in [0.1, 0.15) is 6.04 Å². The number of amides is 1. The van der Waals surface area contributed by atoms with Crippen LogP contribution >= 0.6 is 31.9 Å². The number of halogens is 2. The van der Waals surface area contributed by atoms with Gasteiger partial charge < -0.3 is 10.6 Å². The lowest BCUT2D eigenvalue weighted by atomic mass is 10.1. The highest BCUT2D eigenvalue weighted by Gasteiger charge is 2.36. The standard InChI is InChI=1S/C15H12Br2N2O/c16-10-5-2-1-4-9(10)8-19-12-7-3-6-11(17)13(12)14(18)15(19)20/h1-7,14H,8,18H2. The molecule has 0 saturated carbocycles. The van der Waals surface area contributed by atoms with Crippen molar-refractivity contribution in [1.29, 1.82) is 0 Å². The highest BCUT2D eigenvalue weighted by Crippen LogP contribution is 2.40. The second-order valence-electron chi connectivity index (χ2n) is 4.67. The zero-order chi connectivity index (χ0) is 14.3. The number of carbonyl (C=O) groups excluding carboxylic acids is 1.